The number of imidazole rings is 1. The molecule has 202 valence electrons. The fourth-order valence-electron chi connectivity index (χ4n) is 4.77. The predicted octanol–water partition coefficient (Wildman–Crippen LogP) is 5.50. The lowest BCUT2D eigenvalue weighted by Crippen LogP contribution is -2.34. The van der Waals surface area contributed by atoms with Gasteiger partial charge in [-0.2, -0.15) is 17.6 Å². The maximum Gasteiger partial charge on any atom is 0.336 e. The molecule has 1 aliphatic rings. The monoisotopic (exact) mass is 539 g/mol. The average Bonchev–Trinajstić information content (AvgIpc) is 3.21. The Labute approximate surface area is 227 Å². The standard InChI is InChI=1S/C29H34FN3O4S/c1-3-24-25(16-31-27(34)26(38)14-18-8-7-9-18)33(29(32-24)37-4-2)17-20-13-12-19(15-23(20)30)21-10-5-6-11-22(21)28(35)36/h5-6,10-13,15,18,26,38H,3-4,7-9,14,16-17H2,1-2H3,(H,31,34)(H,35,36). The number of aromatic carboxylic acids is 1. The van der Waals surface area contributed by atoms with Crippen LogP contribution in [0.2, 0.25) is 0 Å². The highest BCUT2D eigenvalue weighted by atomic mass is 32.1. The van der Waals surface area contributed by atoms with Gasteiger partial charge in [0.15, 0.2) is 0 Å². The molecule has 1 unspecified atom stereocenters. The summed E-state index contributed by atoms with van der Waals surface area (Å²) in [5.41, 5.74) is 2.96. The number of hydrogen-bond donors (Lipinski definition) is 3. The van der Waals surface area contributed by atoms with Gasteiger partial charge >= 0.3 is 5.97 Å². The lowest BCUT2D eigenvalue weighted by atomic mass is 9.82. The van der Waals surface area contributed by atoms with Gasteiger partial charge in [0.2, 0.25) is 5.91 Å². The van der Waals surface area contributed by atoms with Crippen molar-refractivity contribution in [3.05, 3.63) is 70.8 Å². The molecule has 38 heavy (non-hydrogen) atoms. The summed E-state index contributed by atoms with van der Waals surface area (Å²) in [6, 6.07) is 11.6. The topological polar surface area (TPSA) is 93.5 Å². The second-order valence-corrected chi connectivity index (χ2v) is 10.2. The highest BCUT2D eigenvalue weighted by Gasteiger charge is 2.25. The van der Waals surface area contributed by atoms with Crippen molar-refractivity contribution in [2.24, 2.45) is 5.92 Å². The van der Waals surface area contributed by atoms with Crippen molar-refractivity contribution >= 4 is 24.5 Å². The third-order valence-corrected chi connectivity index (χ3v) is 7.54. The van der Waals surface area contributed by atoms with Crippen LogP contribution in [0.4, 0.5) is 4.39 Å². The Kier molecular flexibility index (Phi) is 9.09. The molecule has 1 saturated carbocycles. The molecular formula is C29H34FN3O4S. The second-order valence-electron chi connectivity index (χ2n) is 9.58. The lowest BCUT2D eigenvalue weighted by molar-refractivity contribution is -0.121. The van der Waals surface area contributed by atoms with Crippen LogP contribution < -0.4 is 10.1 Å². The highest BCUT2D eigenvalue weighted by molar-refractivity contribution is 7.81. The van der Waals surface area contributed by atoms with E-state index < -0.39 is 11.8 Å². The van der Waals surface area contributed by atoms with Gasteiger partial charge < -0.3 is 15.2 Å². The molecule has 1 aromatic heterocycles. The van der Waals surface area contributed by atoms with E-state index in [0.29, 0.717) is 41.6 Å². The molecule has 2 aromatic carbocycles. The van der Waals surface area contributed by atoms with Crippen LogP contribution in [0.3, 0.4) is 0 Å². The van der Waals surface area contributed by atoms with Crippen molar-refractivity contribution in [2.75, 3.05) is 6.61 Å². The minimum absolute atomic E-state index is 0.110. The zero-order valence-electron chi connectivity index (χ0n) is 21.7. The van der Waals surface area contributed by atoms with Crippen LogP contribution in [-0.4, -0.2) is 38.4 Å². The number of rotatable bonds is 12. The summed E-state index contributed by atoms with van der Waals surface area (Å²) >= 11 is 4.52. The van der Waals surface area contributed by atoms with Crippen molar-refractivity contribution in [3.8, 4) is 17.1 Å². The minimum Gasteiger partial charge on any atom is -0.478 e. The third-order valence-electron chi connectivity index (χ3n) is 7.09. The molecule has 1 aliphatic carbocycles. The number of carbonyl (C=O) groups excluding carboxylic acids is 1. The van der Waals surface area contributed by atoms with E-state index in [0.717, 1.165) is 30.7 Å². The van der Waals surface area contributed by atoms with E-state index in [1.807, 2.05) is 13.8 Å². The summed E-state index contributed by atoms with van der Waals surface area (Å²) in [4.78, 5) is 29.0. The Morgan fingerprint density at radius 2 is 2.00 bits per heavy atom. The third kappa shape index (κ3) is 6.20. The van der Waals surface area contributed by atoms with Crippen LogP contribution in [0.15, 0.2) is 42.5 Å². The maximum atomic E-state index is 15.4. The molecule has 4 rings (SSSR count). The van der Waals surface area contributed by atoms with Crippen LogP contribution in [0, 0.1) is 11.7 Å². The quantitative estimate of drug-likeness (QED) is 0.264. The van der Waals surface area contributed by atoms with Gasteiger partial charge in [-0.15, -0.1) is 0 Å². The van der Waals surface area contributed by atoms with Gasteiger partial charge in [0.05, 0.1) is 41.9 Å². The van der Waals surface area contributed by atoms with E-state index in [-0.39, 0.29) is 29.8 Å². The summed E-state index contributed by atoms with van der Waals surface area (Å²) in [7, 11) is 0. The van der Waals surface area contributed by atoms with E-state index in [9.17, 15) is 14.7 Å². The van der Waals surface area contributed by atoms with Gasteiger partial charge in [-0.1, -0.05) is 56.5 Å². The summed E-state index contributed by atoms with van der Waals surface area (Å²) in [5, 5.41) is 12.1. The van der Waals surface area contributed by atoms with Crippen LogP contribution in [0.25, 0.3) is 11.1 Å². The molecule has 9 heteroatoms. The maximum absolute atomic E-state index is 15.4. The number of carboxylic acids is 1. The predicted molar refractivity (Wildman–Crippen MR) is 147 cm³/mol. The molecule has 0 radical (unpaired) electrons. The molecule has 0 saturated heterocycles. The zero-order chi connectivity index (χ0) is 27.2. The first-order valence-electron chi connectivity index (χ1n) is 13.1. The number of hydrogen-bond acceptors (Lipinski definition) is 5. The Morgan fingerprint density at radius 3 is 2.63 bits per heavy atom. The van der Waals surface area contributed by atoms with E-state index >= 15 is 4.39 Å². The number of aromatic nitrogens is 2. The fourth-order valence-corrected chi connectivity index (χ4v) is 5.16. The van der Waals surface area contributed by atoms with Crippen LogP contribution in [0.5, 0.6) is 6.01 Å². The number of ether oxygens (including phenoxy) is 1. The number of nitrogens with one attached hydrogen (secondary N) is 1. The molecule has 1 atom stereocenters. The lowest BCUT2D eigenvalue weighted by Gasteiger charge is -2.27. The van der Waals surface area contributed by atoms with E-state index in [1.165, 1.54) is 18.6 Å². The van der Waals surface area contributed by atoms with Gasteiger partial charge in [0.25, 0.3) is 6.01 Å². The molecule has 2 N–H and O–H groups in total. The molecule has 0 spiro atoms. The number of amides is 1. The summed E-state index contributed by atoms with van der Waals surface area (Å²) in [6.45, 7) is 4.59. The van der Waals surface area contributed by atoms with Gasteiger partial charge in [-0.25, -0.2) is 9.18 Å². The number of aryl methyl sites for hydroxylation is 1. The summed E-state index contributed by atoms with van der Waals surface area (Å²) < 4.78 is 22.9. The molecule has 3 aromatic rings. The first-order chi connectivity index (χ1) is 18.3. The van der Waals surface area contributed by atoms with Crippen molar-refractivity contribution in [1.29, 1.82) is 0 Å². The summed E-state index contributed by atoms with van der Waals surface area (Å²) in [6.07, 6.45) is 4.91. The van der Waals surface area contributed by atoms with E-state index in [1.54, 1.807) is 34.9 Å². The van der Waals surface area contributed by atoms with E-state index in [2.05, 4.69) is 22.9 Å². The Morgan fingerprint density at radius 1 is 1.24 bits per heavy atom. The van der Waals surface area contributed by atoms with Crippen molar-refractivity contribution < 1.29 is 23.8 Å². The van der Waals surface area contributed by atoms with Gasteiger partial charge in [0.1, 0.15) is 5.82 Å². The Balaban J connectivity index is 1.58. The van der Waals surface area contributed by atoms with Crippen molar-refractivity contribution in [2.45, 2.75) is 64.3 Å². The molecule has 7 nitrogen and oxygen atoms in total. The van der Waals surface area contributed by atoms with Crippen molar-refractivity contribution in [3.63, 3.8) is 0 Å². The fraction of sp³-hybridized carbons (Fsp3) is 0.414. The van der Waals surface area contributed by atoms with Gasteiger partial charge in [-0.05, 0) is 48.9 Å². The molecule has 1 heterocycles. The van der Waals surface area contributed by atoms with Crippen LogP contribution in [-0.2, 0) is 24.3 Å². The number of carboxylic acid groups (broad SMARTS) is 1. The first kappa shape index (κ1) is 27.7. The second kappa shape index (κ2) is 12.5. The molecule has 1 amide bonds. The molecule has 1 fully saturated rings. The van der Waals surface area contributed by atoms with Gasteiger partial charge in [-0.3, -0.25) is 9.36 Å². The minimum atomic E-state index is -1.07. The number of thiol groups is 1. The number of nitrogens with zero attached hydrogens (tertiary/aromatic N) is 2. The average molecular weight is 540 g/mol. The van der Waals surface area contributed by atoms with Crippen LogP contribution >= 0.6 is 12.6 Å². The smallest absolute Gasteiger partial charge is 0.336 e. The zero-order valence-corrected chi connectivity index (χ0v) is 22.6. The Bertz CT molecular complexity index is 1300. The highest BCUT2D eigenvalue weighted by Crippen LogP contribution is 2.32. The van der Waals surface area contributed by atoms with Gasteiger partial charge in [0, 0.05) is 5.56 Å². The largest absolute Gasteiger partial charge is 0.478 e. The van der Waals surface area contributed by atoms with Crippen molar-refractivity contribution in [1.82, 2.24) is 14.9 Å². The molecule has 0 aliphatic heterocycles. The number of carbonyl (C=O) groups is 2. The van der Waals surface area contributed by atoms with E-state index in [4.69, 9.17) is 4.74 Å². The molecule has 0 bridgehead atoms. The summed E-state index contributed by atoms with van der Waals surface area (Å²) in [5.74, 6) is -1.10. The Hall–Kier alpha value is -3.33. The molecular weight excluding hydrogens is 505 g/mol. The normalized spacial score (nSPS) is 14.1. The first-order valence-corrected chi connectivity index (χ1v) is 13.6. The van der Waals surface area contributed by atoms with Crippen LogP contribution in [0.1, 0.15) is 66.8 Å². The number of benzene rings is 2. The number of halogens is 1. The SMILES string of the molecule is CCOc1nc(CC)c(CNC(=O)C(S)CC2CCC2)n1Cc1ccc(-c2ccccc2C(=O)O)cc1F.